The van der Waals surface area contributed by atoms with Crippen molar-refractivity contribution in [3.05, 3.63) is 0 Å². The standard InChI is InChI=1S/C12H26N2S/c1-9(2)15-8-12(14-13)11-6-4-5-10(3)7-11/h9-12,14H,4-8,13H2,1-3H3. The molecule has 15 heavy (non-hydrogen) atoms. The van der Waals surface area contributed by atoms with Crippen LogP contribution in [0.3, 0.4) is 0 Å². The van der Waals surface area contributed by atoms with Crippen molar-refractivity contribution in [1.82, 2.24) is 5.43 Å². The van der Waals surface area contributed by atoms with Crippen LogP contribution in [0.5, 0.6) is 0 Å². The molecule has 0 heterocycles. The lowest BCUT2D eigenvalue weighted by Crippen LogP contribution is -2.44. The van der Waals surface area contributed by atoms with Gasteiger partial charge in [-0.25, -0.2) is 0 Å². The summed E-state index contributed by atoms with van der Waals surface area (Å²) < 4.78 is 0. The van der Waals surface area contributed by atoms with E-state index in [1.807, 2.05) is 11.8 Å². The van der Waals surface area contributed by atoms with Gasteiger partial charge in [0.25, 0.3) is 0 Å². The molecule has 1 fully saturated rings. The minimum atomic E-state index is 0.514. The molecule has 0 radical (unpaired) electrons. The molecule has 0 spiro atoms. The van der Waals surface area contributed by atoms with Crippen LogP contribution in [0.1, 0.15) is 46.5 Å². The van der Waals surface area contributed by atoms with Gasteiger partial charge in [-0.1, -0.05) is 33.6 Å². The Bertz CT molecular complexity index is 173. The Morgan fingerprint density at radius 3 is 2.67 bits per heavy atom. The Balaban J connectivity index is 2.35. The molecule has 0 aromatic heterocycles. The summed E-state index contributed by atoms with van der Waals surface area (Å²) in [5.41, 5.74) is 3.03. The Hall–Kier alpha value is 0.270. The molecule has 2 nitrogen and oxygen atoms in total. The zero-order chi connectivity index (χ0) is 11.3. The molecule has 0 bridgehead atoms. The van der Waals surface area contributed by atoms with Crippen LogP contribution in [0.15, 0.2) is 0 Å². The van der Waals surface area contributed by atoms with Crippen molar-refractivity contribution in [3.8, 4) is 0 Å². The number of thioether (sulfide) groups is 1. The van der Waals surface area contributed by atoms with E-state index in [0.717, 1.165) is 17.6 Å². The number of nitrogens with two attached hydrogens (primary N) is 1. The van der Waals surface area contributed by atoms with E-state index >= 15 is 0 Å². The summed E-state index contributed by atoms with van der Waals surface area (Å²) in [7, 11) is 0. The monoisotopic (exact) mass is 230 g/mol. The summed E-state index contributed by atoms with van der Waals surface area (Å²) in [6.45, 7) is 6.87. The SMILES string of the molecule is CC1CCCC(C(CSC(C)C)NN)C1. The summed E-state index contributed by atoms with van der Waals surface area (Å²) in [5.74, 6) is 8.52. The molecule has 3 N–H and O–H groups in total. The lowest BCUT2D eigenvalue weighted by Gasteiger charge is -2.33. The van der Waals surface area contributed by atoms with Crippen molar-refractivity contribution in [2.75, 3.05) is 5.75 Å². The fourth-order valence-electron chi connectivity index (χ4n) is 2.46. The van der Waals surface area contributed by atoms with Gasteiger partial charge in [0.1, 0.15) is 0 Å². The quantitative estimate of drug-likeness (QED) is 0.563. The fraction of sp³-hybridized carbons (Fsp3) is 1.00. The maximum absolute atomic E-state index is 5.67. The summed E-state index contributed by atoms with van der Waals surface area (Å²) in [4.78, 5) is 0. The predicted octanol–water partition coefficient (Wildman–Crippen LogP) is 2.79. The molecule has 3 heteroatoms. The van der Waals surface area contributed by atoms with E-state index in [9.17, 15) is 0 Å². The van der Waals surface area contributed by atoms with E-state index in [-0.39, 0.29) is 0 Å². The van der Waals surface area contributed by atoms with E-state index in [2.05, 4.69) is 26.2 Å². The third kappa shape index (κ3) is 4.75. The number of hydrazine groups is 1. The summed E-state index contributed by atoms with van der Waals surface area (Å²) in [6, 6.07) is 0.514. The average Bonchev–Trinajstić information content (AvgIpc) is 2.18. The van der Waals surface area contributed by atoms with Crippen molar-refractivity contribution in [1.29, 1.82) is 0 Å². The second-order valence-electron chi connectivity index (χ2n) is 5.19. The number of hydrogen-bond acceptors (Lipinski definition) is 3. The van der Waals surface area contributed by atoms with E-state index in [1.54, 1.807) is 0 Å². The van der Waals surface area contributed by atoms with Gasteiger partial charge in [0.05, 0.1) is 0 Å². The highest BCUT2D eigenvalue weighted by atomic mass is 32.2. The zero-order valence-corrected chi connectivity index (χ0v) is 11.1. The maximum Gasteiger partial charge on any atom is 0.0329 e. The summed E-state index contributed by atoms with van der Waals surface area (Å²) >= 11 is 2.02. The van der Waals surface area contributed by atoms with Crippen LogP contribution in [0.25, 0.3) is 0 Å². The molecule has 1 saturated carbocycles. The van der Waals surface area contributed by atoms with E-state index < -0.39 is 0 Å². The fourth-order valence-corrected chi connectivity index (χ4v) is 3.42. The molecule has 1 aliphatic rings. The normalized spacial score (nSPS) is 29.4. The molecule has 0 saturated heterocycles. The highest BCUT2D eigenvalue weighted by Crippen LogP contribution is 2.31. The summed E-state index contributed by atoms with van der Waals surface area (Å²) in [5, 5.41) is 0.710. The maximum atomic E-state index is 5.67. The molecular formula is C12H26N2S. The van der Waals surface area contributed by atoms with Gasteiger partial charge in [0.2, 0.25) is 0 Å². The second kappa shape index (κ2) is 6.77. The van der Waals surface area contributed by atoms with Gasteiger partial charge in [-0.05, 0) is 29.9 Å². The van der Waals surface area contributed by atoms with Gasteiger partial charge in [-0.2, -0.15) is 11.8 Å². The second-order valence-corrected chi connectivity index (χ2v) is 6.80. The van der Waals surface area contributed by atoms with E-state index in [0.29, 0.717) is 11.3 Å². The largest absolute Gasteiger partial charge is 0.271 e. The highest BCUT2D eigenvalue weighted by molar-refractivity contribution is 7.99. The third-order valence-corrected chi connectivity index (χ3v) is 4.59. The van der Waals surface area contributed by atoms with Crippen LogP contribution >= 0.6 is 11.8 Å². The van der Waals surface area contributed by atoms with Gasteiger partial charge < -0.3 is 0 Å². The van der Waals surface area contributed by atoms with Gasteiger partial charge in [-0.3, -0.25) is 11.3 Å². The van der Waals surface area contributed by atoms with Crippen LogP contribution in [0.4, 0.5) is 0 Å². The topological polar surface area (TPSA) is 38.0 Å². The van der Waals surface area contributed by atoms with Crippen molar-refractivity contribution in [2.45, 2.75) is 57.7 Å². The molecule has 0 aliphatic heterocycles. The molecular weight excluding hydrogens is 204 g/mol. The Morgan fingerprint density at radius 1 is 1.40 bits per heavy atom. The number of hydrogen-bond donors (Lipinski definition) is 2. The molecule has 1 aliphatic carbocycles. The van der Waals surface area contributed by atoms with Crippen LogP contribution in [-0.2, 0) is 0 Å². The predicted molar refractivity (Wildman–Crippen MR) is 69.8 cm³/mol. The van der Waals surface area contributed by atoms with Crippen molar-refractivity contribution < 1.29 is 0 Å². The van der Waals surface area contributed by atoms with E-state index in [1.165, 1.54) is 25.7 Å². The Morgan fingerprint density at radius 2 is 2.13 bits per heavy atom. The average molecular weight is 230 g/mol. The van der Waals surface area contributed by atoms with Gasteiger partial charge >= 0.3 is 0 Å². The third-order valence-electron chi connectivity index (χ3n) is 3.37. The smallest absolute Gasteiger partial charge is 0.0329 e. The first-order valence-corrected chi connectivity index (χ1v) is 7.26. The molecule has 0 aromatic rings. The van der Waals surface area contributed by atoms with Crippen LogP contribution < -0.4 is 11.3 Å². The lowest BCUT2D eigenvalue weighted by atomic mass is 9.79. The van der Waals surface area contributed by atoms with Crippen LogP contribution in [0, 0.1) is 11.8 Å². The summed E-state index contributed by atoms with van der Waals surface area (Å²) in [6.07, 6.45) is 5.51. The molecule has 0 amide bonds. The zero-order valence-electron chi connectivity index (χ0n) is 10.3. The molecule has 1 rings (SSSR count). The first-order chi connectivity index (χ1) is 7.13. The van der Waals surface area contributed by atoms with E-state index in [4.69, 9.17) is 5.84 Å². The minimum absolute atomic E-state index is 0.514. The Kier molecular flexibility index (Phi) is 6.02. The first kappa shape index (κ1) is 13.3. The number of rotatable bonds is 5. The lowest BCUT2D eigenvalue weighted by molar-refractivity contribution is 0.235. The minimum Gasteiger partial charge on any atom is -0.271 e. The molecule has 3 unspecified atom stereocenters. The van der Waals surface area contributed by atoms with Crippen LogP contribution in [0.2, 0.25) is 0 Å². The van der Waals surface area contributed by atoms with Crippen molar-refractivity contribution in [2.24, 2.45) is 17.7 Å². The molecule has 0 aromatic carbocycles. The first-order valence-electron chi connectivity index (χ1n) is 6.21. The van der Waals surface area contributed by atoms with Crippen LogP contribution in [-0.4, -0.2) is 17.0 Å². The van der Waals surface area contributed by atoms with Gasteiger partial charge in [-0.15, -0.1) is 0 Å². The van der Waals surface area contributed by atoms with Gasteiger partial charge in [0.15, 0.2) is 0 Å². The molecule has 90 valence electrons. The van der Waals surface area contributed by atoms with Gasteiger partial charge in [0, 0.05) is 11.8 Å². The van der Waals surface area contributed by atoms with Crippen molar-refractivity contribution in [3.63, 3.8) is 0 Å². The Labute approximate surface area is 98.7 Å². The molecule has 3 atom stereocenters. The highest BCUT2D eigenvalue weighted by Gasteiger charge is 2.25. The number of nitrogens with one attached hydrogen (secondary N) is 1. The van der Waals surface area contributed by atoms with Crippen molar-refractivity contribution >= 4 is 11.8 Å².